The molecular weight excluding hydrogens is 278 g/mol. The predicted octanol–water partition coefficient (Wildman–Crippen LogP) is 5.13. The van der Waals surface area contributed by atoms with Crippen molar-refractivity contribution in [1.29, 1.82) is 0 Å². The van der Waals surface area contributed by atoms with Crippen LogP contribution in [-0.2, 0) is 0 Å². The van der Waals surface area contributed by atoms with Gasteiger partial charge in [-0.15, -0.1) is 0 Å². The topological polar surface area (TPSA) is 14.1 Å². The number of para-hydroxylation sites is 2. The lowest BCUT2D eigenvalue weighted by atomic mass is 9.96. The number of fused-ring (bicyclic) bond motifs is 2. The molecule has 1 nitrogen and oxygen atoms in total. The van der Waals surface area contributed by atoms with Crippen LogP contribution in [0.25, 0.3) is 32.9 Å². The first-order valence-electron chi connectivity index (χ1n) is 6.92. The van der Waals surface area contributed by atoms with Gasteiger partial charge in [0, 0.05) is 28.3 Å². The fourth-order valence-corrected chi connectivity index (χ4v) is 3.09. The van der Waals surface area contributed by atoms with Crippen molar-refractivity contribution >= 4 is 33.4 Å². The van der Waals surface area contributed by atoms with Gasteiger partial charge < -0.3 is 0 Å². The maximum absolute atomic E-state index is 6.45. The fraction of sp³-hybridized carbons (Fsp3) is 0. The first-order valence-corrected chi connectivity index (χ1v) is 7.30. The van der Waals surface area contributed by atoms with Gasteiger partial charge in [0.2, 0.25) is 11.0 Å². The summed E-state index contributed by atoms with van der Waals surface area (Å²) in [7, 11) is 0. The van der Waals surface area contributed by atoms with E-state index in [1.54, 1.807) is 0 Å². The number of halogens is 1. The highest BCUT2D eigenvalue weighted by Gasteiger charge is 2.16. The molecule has 4 aromatic rings. The van der Waals surface area contributed by atoms with E-state index in [4.69, 9.17) is 11.6 Å². The average Bonchev–Trinajstić information content (AvgIpc) is 2.53. The predicted molar refractivity (Wildman–Crippen MR) is 88.5 cm³/mol. The Balaban J connectivity index is 2.25. The van der Waals surface area contributed by atoms with Gasteiger partial charge in [0.1, 0.15) is 0 Å². The van der Waals surface area contributed by atoms with Crippen molar-refractivity contribution in [2.75, 3.05) is 0 Å². The second-order valence-corrected chi connectivity index (χ2v) is 5.48. The molecule has 21 heavy (non-hydrogen) atoms. The van der Waals surface area contributed by atoms with Crippen LogP contribution in [0.1, 0.15) is 0 Å². The standard InChI is InChI=1S/C19H12ClN/c20-16-10-4-1-7-13(16)19-14-8-2-5-11-17(14)21-18-12-6-3-9-15(18)19/h1-12H/p+1. The molecule has 4 rings (SSSR count). The van der Waals surface area contributed by atoms with E-state index in [-0.39, 0.29) is 0 Å². The SMILES string of the molecule is Clc1ccccc1-c1c2ccccc2[nH+]c2ccccc12. The largest absolute Gasteiger partial charge is 0.211 e. The van der Waals surface area contributed by atoms with Crippen molar-refractivity contribution in [3.8, 4) is 11.1 Å². The molecule has 0 radical (unpaired) electrons. The number of hydrogen-bond donors (Lipinski definition) is 0. The van der Waals surface area contributed by atoms with Crippen molar-refractivity contribution in [3.05, 3.63) is 77.8 Å². The normalized spacial score (nSPS) is 11.1. The lowest BCUT2D eigenvalue weighted by molar-refractivity contribution is -0.310. The summed E-state index contributed by atoms with van der Waals surface area (Å²) in [5.41, 5.74) is 4.49. The summed E-state index contributed by atoms with van der Waals surface area (Å²) in [6.07, 6.45) is 0. The molecule has 2 heteroatoms. The lowest BCUT2D eigenvalue weighted by Crippen LogP contribution is -2.06. The van der Waals surface area contributed by atoms with Gasteiger partial charge in [0.05, 0.1) is 10.8 Å². The summed E-state index contributed by atoms with van der Waals surface area (Å²) in [5.74, 6) is 0. The third kappa shape index (κ3) is 1.98. The van der Waals surface area contributed by atoms with Crippen LogP contribution in [0.5, 0.6) is 0 Å². The molecule has 100 valence electrons. The Kier molecular flexibility index (Phi) is 2.87. The molecule has 0 fully saturated rings. The van der Waals surface area contributed by atoms with Crippen LogP contribution >= 0.6 is 11.6 Å². The molecule has 0 spiro atoms. The lowest BCUT2D eigenvalue weighted by Gasteiger charge is -2.09. The molecule has 0 aliphatic heterocycles. The minimum absolute atomic E-state index is 0.777. The third-order valence-corrected chi connectivity index (χ3v) is 4.13. The molecule has 3 aromatic carbocycles. The van der Waals surface area contributed by atoms with E-state index >= 15 is 0 Å². The van der Waals surface area contributed by atoms with Gasteiger partial charge in [-0.1, -0.05) is 54.1 Å². The van der Waals surface area contributed by atoms with Crippen LogP contribution in [0.2, 0.25) is 5.02 Å². The van der Waals surface area contributed by atoms with Gasteiger partial charge in [-0.25, -0.2) is 4.98 Å². The summed E-state index contributed by atoms with van der Waals surface area (Å²) >= 11 is 6.45. The highest BCUT2D eigenvalue weighted by molar-refractivity contribution is 6.34. The number of aromatic amines is 1. The Hall–Kier alpha value is -2.38. The highest BCUT2D eigenvalue weighted by Crippen LogP contribution is 2.36. The van der Waals surface area contributed by atoms with E-state index in [1.807, 2.05) is 30.3 Å². The van der Waals surface area contributed by atoms with Crippen molar-refractivity contribution in [1.82, 2.24) is 0 Å². The van der Waals surface area contributed by atoms with Crippen LogP contribution in [0, 0.1) is 0 Å². The van der Waals surface area contributed by atoms with Crippen molar-refractivity contribution in [2.24, 2.45) is 0 Å². The molecule has 0 bridgehead atoms. The summed E-state index contributed by atoms with van der Waals surface area (Å²) in [4.78, 5) is 3.50. The van der Waals surface area contributed by atoms with Crippen molar-refractivity contribution < 1.29 is 4.98 Å². The van der Waals surface area contributed by atoms with Gasteiger partial charge in [0.25, 0.3) is 0 Å². The molecule has 0 aliphatic carbocycles. The van der Waals surface area contributed by atoms with E-state index in [1.165, 1.54) is 16.3 Å². The van der Waals surface area contributed by atoms with Gasteiger partial charge in [-0.05, 0) is 18.2 Å². The first kappa shape index (κ1) is 12.4. The average molecular weight is 291 g/mol. The maximum Gasteiger partial charge on any atom is 0.211 e. The van der Waals surface area contributed by atoms with Crippen LogP contribution in [0.4, 0.5) is 0 Å². The minimum atomic E-state index is 0.777. The summed E-state index contributed by atoms with van der Waals surface area (Å²) in [5, 5.41) is 3.15. The van der Waals surface area contributed by atoms with E-state index < -0.39 is 0 Å². The zero-order valence-electron chi connectivity index (χ0n) is 11.3. The molecular formula is C19H13ClN+. The highest BCUT2D eigenvalue weighted by atomic mass is 35.5. The minimum Gasteiger partial charge on any atom is -0.204 e. The summed E-state index contributed by atoms with van der Waals surface area (Å²) in [6, 6.07) is 24.7. The van der Waals surface area contributed by atoms with E-state index in [2.05, 4.69) is 47.4 Å². The second-order valence-electron chi connectivity index (χ2n) is 5.07. The van der Waals surface area contributed by atoms with E-state index in [9.17, 15) is 0 Å². The Morgan fingerprint density at radius 2 is 1.14 bits per heavy atom. The zero-order valence-corrected chi connectivity index (χ0v) is 12.1. The number of pyridine rings is 1. The number of aromatic nitrogens is 1. The Bertz CT molecular complexity index is 906. The second kappa shape index (κ2) is 4.87. The number of benzene rings is 3. The number of H-pyrrole nitrogens is 1. The smallest absolute Gasteiger partial charge is 0.204 e. The van der Waals surface area contributed by atoms with Crippen LogP contribution in [0.3, 0.4) is 0 Å². The van der Waals surface area contributed by atoms with E-state index in [0.29, 0.717) is 0 Å². The fourth-order valence-electron chi connectivity index (χ4n) is 2.86. The number of rotatable bonds is 1. The van der Waals surface area contributed by atoms with Crippen LogP contribution in [-0.4, -0.2) is 0 Å². The molecule has 1 N–H and O–H groups in total. The number of nitrogens with one attached hydrogen (secondary N) is 1. The summed E-state index contributed by atoms with van der Waals surface area (Å²) < 4.78 is 0. The molecule has 0 amide bonds. The zero-order chi connectivity index (χ0) is 14.2. The molecule has 0 saturated carbocycles. The Labute approximate surface area is 127 Å². The molecule has 1 aromatic heterocycles. The molecule has 1 heterocycles. The third-order valence-electron chi connectivity index (χ3n) is 3.81. The molecule has 0 unspecified atom stereocenters. The van der Waals surface area contributed by atoms with Gasteiger partial charge in [-0.3, -0.25) is 0 Å². The van der Waals surface area contributed by atoms with Gasteiger partial charge in [-0.2, -0.15) is 0 Å². The first-order chi connectivity index (χ1) is 10.3. The Morgan fingerprint density at radius 1 is 0.619 bits per heavy atom. The number of hydrogen-bond acceptors (Lipinski definition) is 0. The quantitative estimate of drug-likeness (QED) is 0.432. The van der Waals surface area contributed by atoms with E-state index in [0.717, 1.165) is 21.6 Å². The molecule has 0 aliphatic rings. The Morgan fingerprint density at radius 3 is 1.76 bits per heavy atom. The van der Waals surface area contributed by atoms with Crippen molar-refractivity contribution in [3.63, 3.8) is 0 Å². The van der Waals surface area contributed by atoms with Gasteiger partial charge in [0.15, 0.2) is 0 Å². The maximum atomic E-state index is 6.45. The van der Waals surface area contributed by atoms with Gasteiger partial charge >= 0.3 is 0 Å². The van der Waals surface area contributed by atoms with Crippen molar-refractivity contribution in [2.45, 2.75) is 0 Å². The van der Waals surface area contributed by atoms with Crippen LogP contribution < -0.4 is 4.98 Å². The molecule has 0 saturated heterocycles. The van der Waals surface area contributed by atoms with Crippen LogP contribution in [0.15, 0.2) is 72.8 Å². The summed E-state index contributed by atoms with van der Waals surface area (Å²) in [6.45, 7) is 0. The molecule has 0 atom stereocenters. The monoisotopic (exact) mass is 290 g/mol.